The molecule has 1 aromatic carbocycles. The zero-order valence-corrected chi connectivity index (χ0v) is 12.0. The summed E-state index contributed by atoms with van der Waals surface area (Å²) in [6.45, 7) is 2.58. The number of amides is 1. The van der Waals surface area contributed by atoms with Crippen molar-refractivity contribution < 1.29 is 9.21 Å². The lowest BCUT2D eigenvalue weighted by atomic mass is 10.1. The largest absolute Gasteiger partial charge is 0.469 e. The fraction of sp³-hybridized carbons (Fsp3) is 0.188. The quantitative estimate of drug-likeness (QED) is 0.792. The van der Waals surface area contributed by atoms with Crippen LogP contribution in [-0.4, -0.2) is 12.5 Å². The van der Waals surface area contributed by atoms with Crippen LogP contribution in [0.5, 0.6) is 0 Å². The van der Waals surface area contributed by atoms with Gasteiger partial charge < -0.3 is 9.73 Å². The van der Waals surface area contributed by atoms with Gasteiger partial charge in [0.05, 0.1) is 11.1 Å². The third-order valence-corrected chi connectivity index (χ3v) is 4.56. The van der Waals surface area contributed by atoms with Crippen molar-refractivity contribution in [3.8, 4) is 0 Å². The van der Waals surface area contributed by atoms with Crippen molar-refractivity contribution in [2.45, 2.75) is 13.3 Å². The molecule has 0 aliphatic rings. The van der Waals surface area contributed by atoms with Crippen molar-refractivity contribution in [2.75, 3.05) is 6.54 Å². The molecule has 0 saturated heterocycles. The van der Waals surface area contributed by atoms with Crippen molar-refractivity contribution >= 4 is 27.3 Å². The number of furan rings is 1. The Morgan fingerprint density at radius 1 is 1.25 bits per heavy atom. The first-order valence-electron chi connectivity index (χ1n) is 6.54. The Morgan fingerprint density at radius 3 is 2.85 bits per heavy atom. The van der Waals surface area contributed by atoms with Gasteiger partial charge in [0.15, 0.2) is 0 Å². The van der Waals surface area contributed by atoms with E-state index in [0.717, 1.165) is 26.3 Å². The summed E-state index contributed by atoms with van der Waals surface area (Å²) < 4.78 is 6.40. The van der Waals surface area contributed by atoms with E-state index in [1.54, 1.807) is 17.6 Å². The molecule has 0 bridgehead atoms. The number of nitrogens with one attached hydrogen (secondary N) is 1. The fourth-order valence-electron chi connectivity index (χ4n) is 2.23. The van der Waals surface area contributed by atoms with E-state index >= 15 is 0 Å². The number of carbonyl (C=O) groups excluding carboxylic acids is 1. The summed E-state index contributed by atoms with van der Waals surface area (Å²) in [5, 5.41) is 4.11. The average molecular weight is 285 g/mol. The highest BCUT2D eigenvalue weighted by molar-refractivity contribution is 7.21. The molecule has 102 valence electrons. The number of fused-ring (bicyclic) bond motifs is 1. The average Bonchev–Trinajstić information content (AvgIpc) is 3.08. The minimum atomic E-state index is -0.00439. The molecule has 0 unspecified atom stereocenters. The number of thiophene rings is 1. The van der Waals surface area contributed by atoms with Gasteiger partial charge in [-0.25, -0.2) is 0 Å². The van der Waals surface area contributed by atoms with E-state index in [-0.39, 0.29) is 5.91 Å². The molecule has 4 heteroatoms. The van der Waals surface area contributed by atoms with Crippen molar-refractivity contribution in [1.29, 1.82) is 0 Å². The Bertz CT molecular complexity index is 728. The zero-order valence-electron chi connectivity index (χ0n) is 11.2. The predicted octanol–water partition coefficient (Wildman–Crippen LogP) is 3.78. The van der Waals surface area contributed by atoms with Gasteiger partial charge in [-0.2, -0.15) is 0 Å². The first-order chi connectivity index (χ1) is 9.75. The maximum absolute atomic E-state index is 12.2. The van der Waals surface area contributed by atoms with Crippen LogP contribution in [0.25, 0.3) is 10.1 Å². The third kappa shape index (κ3) is 2.47. The van der Waals surface area contributed by atoms with Crippen LogP contribution in [0.2, 0.25) is 0 Å². The molecule has 0 atom stereocenters. The Kier molecular flexibility index (Phi) is 3.56. The summed E-state index contributed by atoms with van der Waals surface area (Å²) in [7, 11) is 0. The summed E-state index contributed by atoms with van der Waals surface area (Å²) in [6, 6.07) is 11.9. The Balaban J connectivity index is 1.71. The molecular formula is C16H15NO2S. The van der Waals surface area contributed by atoms with Gasteiger partial charge in [-0.3, -0.25) is 4.79 Å². The van der Waals surface area contributed by atoms with E-state index in [0.29, 0.717) is 13.0 Å². The zero-order chi connectivity index (χ0) is 13.9. The van der Waals surface area contributed by atoms with Gasteiger partial charge in [0.25, 0.3) is 5.91 Å². The van der Waals surface area contributed by atoms with Crippen molar-refractivity contribution in [3.05, 3.63) is 58.9 Å². The standard InChI is InChI=1S/C16H15NO2S/c1-11-13-6-2-3-7-14(13)20-15(11)16(18)17-9-8-12-5-4-10-19-12/h2-7,10H,8-9H2,1H3,(H,17,18). The molecule has 3 rings (SSSR count). The van der Waals surface area contributed by atoms with Crippen molar-refractivity contribution in [1.82, 2.24) is 5.32 Å². The Morgan fingerprint density at radius 2 is 2.10 bits per heavy atom. The minimum absolute atomic E-state index is 0.00439. The number of rotatable bonds is 4. The highest BCUT2D eigenvalue weighted by atomic mass is 32.1. The summed E-state index contributed by atoms with van der Waals surface area (Å²) in [5.41, 5.74) is 1.06. The van der Waals surface area contributed by atoms with Gasteiger partial charge in [-0.1, -0.05) is 18.2 Å². The van der Waals surface area contributed by atoms with Gasteiger partial charge in [0.2, 0.25) is 0 Å². The molecule has 0 saturated carbocycles. The summed E-state index contributed by atoms with van der Waals surface area (Å²) in [4.78, 5) is 13.0. The highest BCUT2D eigenvalue weighted by Crippen LogP contribution is 2.30. The summed E-state index contributed by atoms with van der Waals surface area (Å²) >= 11 is 1.54. The van der Waals surface area contributed by atoms with E-state index < -0.39 is 0 Å². The van der Waals surface area contributed by atoms with Crippen molar-refractivity contribution in [2.24, 2.45) is 0 Å². The number of carbonyl (C=O) groups is 1. The molecular weight excluding hydrogens is 270 g/mol. The topological polar surface area (TPSA) is 42.2 Å². The molecule has 2 aromatic heterocycles. The van der Waals surface area contributed by atoms with E-state index in [1.807, 2.05) is 37.3 Å². The maximum Gasteiger partial charge on any atom is 0.261 e. The van der Waals surface area contributed by atoms with Gasteiger partial charge in [0.1, 0.15) is 5.76 Å². The molecule has 1 amide bonds. The number of hydrogen-bond donors (Lipinski definition) is 1. The Labute approximate surface area is 121 Å². The van der Waals surface area contributed by atoms with Crippen LogP contribution in [0.15, 0.2) is 47.1 Å². The molecule has 0 spiro atoms. The lowest BCUT2D eigenvalue weighted by Gasteiger charge is -2.03. The lowest BCUT2D eigenvalue weighted by molar-refractivity contribution is 0.0957. The van der Waals surface area contributed by atoms with Crippen LogP contribution < -0.4 is 5.32 Å². The SMILES string of the molecule is Cc1c(C(=O)NCCc2ccco2)sc2ccccc12. The molecule has 0 aliphatic carbocycles. The van der Waals surface area contributed by atoms with Gasteiger partial charge in [0, 0.05) is 17.7 Å². The second-order valence-electron chi connectivity index (χ2n) is 4.64. The second-order valence-corrected chi connectivity index (χ2v) is 5.69. The number of benzene rings is 1. The molecule has 3 aromatic rings. The van der Waals surface area contributed by atoms with Crippen LogP contribution in [0.4, 0.5) is 0 Å². The van der Waals surface area contributed by atoms with Crippen LogP contribution >= 0.6 is 11.3 Å². The molecule has 20 heavy (non-hydrogen) atoms. The molecule has 0 aliphatic heterocycles. The Hall–Kier alpha value is -2.07. The van der Waals surface area contributed by atoms with Gasteiger partial charge in [-0.15, -0.1) is 11.3 Å². The molecule has 2 heterocycles. The first-order valence-corrected chi connectivity index (χ1v) is 7.36. The van der Waals surface area contributed by atoms with E-state index in [9.17, 15) is 4.79 Å². The smallest absolute Gasteiger partial charge is 0.261 e. The molecule has 3 nitrogen and oxygen atoms in total. The predicted molar refractivity (Wildman–Crippen MR) is 81.3 cm³/mol. The van der Waals surface area contributed by atoms with E-state index in [4.69, 9.17) is 4.42 Å². The summed E-state index contributed by atoms with van der Waals surface area (Å²) in [5.74, 6) is 0.883. The summed E-state index contributed by atoms with van der Waals surface area (Å²) in [6.07, 6.45) is 2.36. The number of aryl methyl sites for hydroxylation is 1. The number of hydrogen-bond acceptors (Lipinski definition) is 3. The van der Waals surface area contributed by atoms with Gasteiger partial charge in [-0.05, 0) is 36.1 Å². The normalized spacial score (nSPS) is 10.8. The first kappa shape index (κ1) is 12.9. The van der Waals surface area contributed by atoms with Crippen LogP contribution in [0, 0.1) is 6.92 Å². The van der Waals surface area contributed by atoms with E-state index in [2.05, 4.69) is 11.4 Å². The van der Waals surface area contributed by atoms with Crippen LogP contribution in [-0.2, 0) is 6.42 Å². The van der Waals surface area contributed by atoms with Crippen molar-refractivity contribution in [3.63, 3.8) is 0 Å². The molecule has 0 radical (unpaired) electrons. The monoisotopic (exact) mass is 285 g/mol. The highest BCUT2D eigenvalue weighted by Gasteiger charge is 2.14. The molecule has 0 fully saturated rings. The van der Waals surface area contributed by atoms with E-state index in [1.165, 1.54) is 0 Å². The molecule has 1 N–H and O–H groups in total. The maximum atomic E-state index is 12.2. The van der Waals surface area contributed by atoms with Crippen LogP contribution in [0.3, 0.4) is 0 Å². The minimum Gasteiger partial charge on any atom is -0.469 e. The third-order valence-electron chi connectivity index (χ3n) is 3.29. The lowest BCUT2D eigenvalue weighted by Crippen LogP contribution is -2.25. The van der Waals surface area contributed by atoms with Crippen LogP contribution in [0.1, 0.15) is 21.0 Å². The fourth-order valence-corrected chi connectivity index (χ4v) is 3.35. The second kappa shape index (κ2) is 5.51. The van der Waals surface area contributed by atoms with Gasteiger partial charge >= 0.3 is 0 Å².